The molecule has 0 bridgehead atoms. The zero-order valence-electron chi connectivity index (χ0n) is 10.1. The molecule has 0 unspecified atom stereocenters. The molecule has 2 aromatic rings. The molecule has 0 atom stereocenters. The molecule has 0 amide bonds. The minimum atomic E-state index is -1.32. The second-order valence-electron chi connectivity index (χ2n) is 3.97. The van der Waals surface area contributed by atoms with E-state index in [9.17, 15) is 13.6 Å². The maximum Gasteiger partial charge on any atom is 0.338 e. The molecule has 2 nitrogen and oxygen atoms in total. The Bertz CT molecular complexity index is 662. The average molecular weight is 315 g/mol. The molecule has 2 rings (SSSR count). The Kier molecular flexibility index (Phi) is 4.62. The van der Waals surface area contributed by atoms with E-state index < -0.39 is 17.6 Å². The first-order valence-electron chi connectivity index (χ1n) is 5.57. The summed E-state index contributed by atoms with van der Waals surface area (Å²) < 4.78 is 26.1. The van der Waals surface area contributed by atoms with Gasteiger partial charge in [-0.1, -0.05) is 17.7 Å². The minimum absolute atomic E-state index is 0.304. The Morgan fingerprint density at radius 3 is 2.60 bits per heavy atom. The van der Waals surface area contributed by atoms with Crippen molar-refractivity contribution in [3.8, 4) is 0 Å². The lowest BCUT2D eigenvalue weighted by atomic mass is 10.2. The third kappa shape index (κ3) is 3.49. The van der Waals surface area contributed by atoms with Gasteiger partial charge < -0.3 is 5.11 Å². The van der Waals surface area contributed by atoms with Crippen LogP contribution in [0.1, 0.15) is 15.9 Å². The summed E-state index contributed by atoms with van der Waals surface area (Å²) in [5.74, 6) is -2.07. The normalized spacial score (nSPS) is 10.6. The van der Waals surface area contributed by atoms with E-state index in [1.54, 1.807) is 6.07 Å². The van der Waals surface area contributed by atoms with Crippen LogP contribution in [0.5, 0.6) is 0 Å². The highest BCUT2D eigenvalue weighted by molar-refractivity contribution is 7.98. The summed E-state index contributed by atoms with van der Waals surface area (Å²) in [6.07, 6.45) is 0. The first kappa shape index (κ1) is 14.8. The van der Waals surface area contributed by atoms with Crippen molar-refractivity contribution in [2.45, 2.75) is 10.6 Å². The second kappa shape index (κ2) is 6.24. The van der Waals surface area contributed by atoms with Gasteiger partial charge in [0.25, 0.3) is 0 Å². The van der Waals surface area contributed by atoms with E-state index in [2.05, 4.69) is 0 Å². The molecule has 0 aliphatic rings. The highest BCUT2D eigenvalue weighted by Gasteiger charge is 2.11. The van der Waals surface area contributed by atoms with E-state index in [4.69, 9.17) is 16.7 Å². The fourth-order valence-electron chi connectivity index (χ4n) is 1.56. The molecular weight excluding hydrogens is 306 g/mol. The van der Waals surface area contributed by atoms with Crippen LogP contribution in [0.25, 0.3) is 0 Å². The van der Waals surface area contributed by atoms with Gasteiger partial charge in [-0.15, -0.1) is 11.8 Å². The van der Waals surface area contributed by atoms with Crippen LogP contribution >= 0.6 is 23.4 Å². The summed E-state index contributed by atoms with van der Waals surface area (Å²) in [6.45, 7) is 0. The first-order chi connectivity index (χ1) is 9.47. The third-order valence-corrected chi connectivity index (χ3v) is 3.97. The quantitative estimate of drug-likeness (QED) is 0.837. The average Bonchev–Trinajstić information content (AvgIpc) is 2.39. The Hall–Kier alpha value is -1.59. The van der Waals surface area contributed by atoms with Crippen molar-refractivity contribution in [1.29, 1.82) is 0 Å². The molecular formula is C14H9ClF2O2S. The lowest BCUT2D eigenvalue weighted by molar-refractivity contribution is 0.0691. The zero-order valence-corrected chi connectivity index (χ0v) is 11.6. The van der Waals surface area contributed by atoms with E-state index in [1.165, 1.54) is 36.0 Å². The molecule has 20 heavy (non-hydrogen) atoms. The molecule has 0 radical (unpaired) electrons. The van der Waals surface area contributed by atoms with Crippen molar-refractivity contribution in [2.75, 3.05) is 0 Å². The van der Waals surface area contributed by atoms with Crippen LogP contribution in [0.4, 0.5) is 8.78 Å². The van der Waals surface area contributed by atoms with Crippen molar-refractivity contribution in [2.24, 2.45) is 0 Å². The van der Waals surface area contributed by atoms with Gasteiger partial charge in [0.1, 0.15) is 11.6 Å². The van der Waals surface area contributed by atoms with Crippen LogP contribution in [0, 0.1) is 11.6 Å². The number of halogens is 3. The Morgan fingerprint density at radius 1 is 1.20 bits per heavy atom. The number of aromatic carboxylic acids is 1. The van der Waals surface area contributed by atoms with Gasteiger partial charge in [0.05, 0.1) is 5.56 Å². The van der Waals surface area contributed by atoms with Crippen molar-refractivity contribution >= 4 is 29.3 Å². The summed E-state index contributed by atoms with van der Waals surface area (Å²) in [5, 5.41) is 9.14. The van der Waals surface area contributed by atoms with Gasteiger partial charge in [0, 0.05) is 15.7 Å². The van der Waals surface area contributed by atoms with E-state index in [0.717, 1.165) is 11.6 Å². The number of hydrogen-bond acceptors (Lipinski definition) is 2. The lowest BCUT2D eigenvalue weighted by Gasteiger charge is -2.06. The summed E-state index contributed by atoms with van der Waals surface area (Å²) in [7, 11) is 0. The molecule has 0 fully saturated rings. The van der Waals surface area contributed by atoms with Crippen LogP contribution in [0.15, 0.2) is 41.3 Å². The van der Waals surface area contributed by atoms with Crippen LogP contribution in [-0.2, 0) is 5.75 Å². The molecule has 6 heteroatoms. The molecule has 0 aliphatic carbocycles. The number of rotatable bonds is 4. The highest BCUT2D eigenvalue weighted by Crippen LogP contribution is 2.28. The number of hydrogen-bond donors (Lipinski definition) is 1. The van der Waals surface area contributed by atoms with E-state index >= 15 is 0 Å². The predicted octanol–water partition coefficient (Wildman–Crippen LogP) is 4.61. The number of benzene rings is 2. The van der Waals surface area contributed by atoms with Crippen LogP contribution in [0.2, 0.25) is 5.02 Å². The number of carboxylic acid groups (broad SMARTS) is 1. The molecule has 0 saturated heterocycles. The smallest absolute Gasteiger partial charge is 0.338 e. The maximum atomic E-state index is 13.2. The van der Waals surface area contributed by atoms with Crippen molar-refractivity contribution < 1.29 is 18.7 Å². The monoisotopic (exact) mass is 314 g/mol. The van der Waals surface area contributed by atoms with Crippen LogP contribution < -0.4 is 0 Å². The van der Waals surface area contributed by atoms with E-state index in [1.807, 2.05) is 0 Å². The van der Waals surface area contributed by atoms with Crippen molar-refractivity contribution in [3.05, 3.63) is 64.2 Å². The molecule has 2 aromatic carbocycles. The second-order valence-corrected chi connectivity index (χ2v) is 5.43. The Morgan fingerprint density at radius 2 is 1.95 bits per heavy atom. The summed E-state index contributed by atoms with van der Waals surface area (Å²) in [6, 6.07) is 7.94. The first-order valence-corrected chi connectivity index (χ1v) is 6.93. The van der Waals surface area contributed by atoms with Crippen LogP contribution in [0.3, 0.4) is 0 Å². The number of thioether (sulfide) groups is 1. The fraction of sp³-hybridized carbons (Fsp3) is 0.0714. The topological polar surface area (TPSA) is 37.3 Å². The largest absolute Gasteiger partial charge is 0.478 e. The SMILES string of the molecule is O=C(O)c1cc(SCc2ccc(F)cc2Cl)ccc1F. The summed E-state index contributed by atoms with van der Waals surface area (Å²) in [5.41, 5.74) is 0.347. The zero-order chi connectivity index (χ0) is 14.7. The van der Waals surface area contributed by atoms with Gasteiger partial charge in [-0.3, -0.25) is 0 Å². The molecule has 0 saturated carbocycles. The number of carbonyl (C=O) groups is 1. The minimum Gasteiger partial charge on any atom is -0.478 e. The maximum absolute atomic E-state index is 13.2. The van der Waals surface area contributed by atoms with Gasteiger partial charge in [-0.25, -0.2) is 13.6 Å². The van der Waals surface area contributed by atoms with Gasteiger partial charge in [0.15, 0.2) is 0 Å². The molecule has 0 aromatic heterocycles. The van der Waals surface area contributed by atoms with Crippen molar-refractivity contribution in [1.82, 2.24) is 0 Å². The van der Waals surface area contributed by atoms with Gasteiger partial charge in [0.2, 0.25) is 0 Å². The summed E-state index contributed by atoms with van der Waals surface area (Å²) >= 11 is 7.19. The molecule has 0 spiro atoms. The molecule has 0 heterocycles. The predicted molar refractivity (Wildman–Crippen MR) is 74.3 cm³/mol. The highest BCUT2D eigenvalue weighted by atomic mass is 35.5. The summed E-state index contributed by atoms with van der Waals surface area (Å²) in [4.78, 5) is 11.4. The van der Waals surface area contributed by atoms with Gasteiger partial charge in [-0.2, -0.15) is 0 Å². The fourth-order valence-corrected chi connectivity index (χ4v) is 2.81. The van der Waals surface area contributed by atoms with Gasteiger partial charge >= 0.3 is 5.97 Å². The van der Waals surface area contributed by atoms with E-state index in [0.29, 0.717) is 15.7 Å². The van der Waals surface area contributed by atoms with Crippen molar-refractivity contribution in [3.63, 3.8) is 0 Å². The molecule has 1 N–H and O–H groups in total. The van der Waals surface area contributed by atoms with E-state index in [-0.39, 0.29) is 5.56 Å². The lowest BCUT2D eigenvalue weighted by Crippen LogP contribution is -2.00. The molecule has 104 valence electrons. The number of carboxylic acids is 1. The molecule has 0 aliphatic heterocycles. The Balaban J connectivity index is 2.15. The Labute approximate surface area is 123 Å². The van der Waals surface area contributed by atoms with Gasteiger partial charge in [-0.05, 0) is 35.9 Å². The van der Waals surface area contributed by atoms with Crippen LogP contribution in [-0.4, -0.2) is 11.1 Å². The third-order valence-electron chi connectivity index (χ3n) is 2.58. The standard InChI is InChI=1S/C14H9ClF2O2S/c15-12-5-9(16)2-1-8(12)7-20-10-3-4-13(17)11(6-10)14(18)19/h1-6H,7H2,(H,18,19).